The number of aromatic nitrogens is 2. The van der Waals surface area contributed by atoms with Crippen LogP contribution in [0.25, 0.3) is 0 Å². The van der Waals surface area contributed by atoms with Gasteiger partial charge in [-0.3, -0.25) is 14.3 Å². The normalized spacial score (nSPS) is 19.0. The molecule has 0 spiro atoms. The Morgan fingerprint density at radius 2 is 1.82 bits per heavy atom. The number of hydrogen-bond acceptors (Lipinski definition) is 3. The molecule has 1 aliphatic carbocycles. The number of carbonyl (C=O) groups is 2. The molecule has 0 bridgehead atoms. The van der Waals surface area contributed by atoms with Gasteiger partial charge >= 0.3 is 6.18 Å². The van der Waals surface area contributed by atoms with E-state index in [0.29, 0.717) is 22.4 Å². The lowest BCUT2D eigenvalue weighted by atomic mass is 9.76. The summed E-state index contributed by atoms with van der Waals surface area (Å²) in [5.41, 5.74) is 2.63. The maximum atomic E-state index is 13.6. The molecule has 0 radical (unpaired) electrons. The highest BCUT2D eigenvalue weighted by atomic mass is 19.4. The SMILES string of the molecule is Cc1cccc(C(=O)N[C@@H]2C(=O)Cc3c(c(C)nn3C(C)C(F)(F)F)[C@@H]2c2ccc(F)cc2)c1. The van der Waals surface area contributed by atoms with E-state index in [1.807, 2.05) is 13.0 Å². The van der Waals surface area contributed by atoms with Gasteiger partial charge in [0.15, 0.2) is 5.78 Å². The predicted octanol–water partition coefficient (Wildman–Crippen LogP) is 4.82. The summed E-state index contributed by atoms with van der Waals surface area (Å²) in [6.07, 6.45) is -4.87. The Kier molecular flexibility index (Phi) is 6.05. The molecule has 34 heavy (non-hydrogen) atoms. The van der Waals surface area contributed by atoms with Gasteiger partial charge in [0.05, 0.1) is 23.9 Å². The first-order valence-corrected chi connectivity index (χ1v) is 10.8. The van der Waals surface area contributed by atoms with Gasteiger partial charge in [-0.15, -0.1) is 0 Å². The number of carbonyl (C=O) groups excluding carboxylic acids is 2. The summed E-state index contributed by atoms with van der Waals surface area (Å²) in [7, 11) is 0. The first kappa shape index (κ1) is 23.7. The van der Waals surface area contributed by atoms with Gasteiger partial charge in [0.2, 0.25) is 0 Å². The van der Waals surface area contributed by atoms with E-state index in [2.05, 4.69) is 10.4 Å². The van der Waals surface area contributed by atoms with Crippen LogP contribution >= 0.6 is 0 Å². The fourth-order valence-electron chi connectivity index (χ4n) is 4.48. The van der Waals surface area contributed by atoms with E-state index >= 15 is 0 Å². The van der Waals surface area contributed by atoms with Gasteiger partial charge in [0, 0.05) is 17.0 Å². The molecule has 9 heteroatoms. The lowest BCUT2D eigenvalue weighted by molar-refractivity contribution is -0.166. The number of ketones is 1. The van der Waals surface area contributed by atoms with Crippen LogP contribution in [0.4, 0.5) is 17.6 Å². The van der Waals surface area contributed by atoms with Gasteiger partial charge in [-0.25, -0.2) is 4.39 Å². The zero-order valence-corrected chi connectivity index (χ0v) is 18.8. The standard InChI is InChI=1S/C25H23F4N3O2/c1-13-5-4-6-17(11-13)24(34)30-23-20(33)12-19-21(22(23)16-7-9-18(26)10-8-16)14(2)31-32(19)15(3)25(27,28)29/h4-11,15,22-23H,12H2,1-3H3,(H,30,34)/t15?,22-,23+/m0/s1. The fraction of sp³-hybridized carbons (Fsp3) is 0.320. The van der Waals surface area contributed by atoms with Gasteiger partial charge in [0.25, 0.3) is 5.91 Å². The Morgan fingerprint density at radius 1 is 1.15 bits per heavy atom. The number of amides is 1. The highest BCUT2D eigenvalue weighted by Gasteiger charge is 2.45. The van der Waals surface area contributed by atoms with Crippen molar-refractivity contribution in [3.63, 3.8) is 0 Å². The molecule has 178 valence electrons. The van der Waals surface area contributed by atoms with Crippen LogP contribution in [0.15, 0.2) is 48.5 Å². The molecule has 2 aromatic carbocycles. The zero-order chi connectivity index (χ0) is 24.8. The summed E-state index contributed by atoms with van der Waals surface area (Å²) in [5.74, 6) is -2.24. The third kappa shape index (κ3) is 4.34. The van der Waals surface area contributed by atoms with Gasteiger partial charge in [-0.1, -0.05) is 29.8 Å². The second-order valence-corrected chi connectivity index (χ2v) is 8.60. The zero-order valence-electron chi connectivity index (χ0n) is 18.8. The number of alkyl halides is 3. The summed E-state index contributed by atoms with van der Waals surface area (Å²) in [4.78, 5) is 26.3. The number of benzene rings is 2. The number of fused-ring (bicyclic) bond motifs is 1. The first-order chi connectivity index (χ1) is 16.0. The van der Waals surface area contributed by atoms with Crippen molar-refractivity contribution in [2.24, 2.45) is 0 Å². The molecule has 0 fully saturated rings. The molecule has 1 aromatic heterocycles. The number of aryl methyl sites for hydroxylation is 2. The van der Waals surface area contributed by atoms with Crippen LogP contribution in [0.2, 0.25) is 0 Å². The van der Waals surface area contributed by atoms with Gasteiger partial charge in [-0.2, -0.15) is 18.3 Å². The second-order valence-electron chi connectivity index (χ2n) is 8.60. The molecule has 3 aromatic rings. The number of halogens is 4. The largest absolute Gasteiger partial charge is 0.410 e. The Hall–Kier alpha value is -3.49. The molecule has 1 amide bonds. The molecule has 1 N–H and O–H groups in total. The second kappa shape index (κ2) is 8.70. The maximum absolute atomic E-state index is 13.6. The number of nitrogens with zero attached hydrogens (tertiary/aromatic N) is 2. The number of rotatable bonds is 4. The van der Waals surface area contributed by atoms with E-state index in [9.17, 15) is 27.2 Å². The highest BCUT2D eigenvalue weighted by Crippen LogP contribution is 2.41. The molecule has 0 saturated heterocycles. The van der Waals surface area contributed by atoms with Crippen molar-refractivity contribution < 1.29 is 27.2 Å². The number of hydrogen-bond donors (Lipinski definition) is 1. The average Bonchev–Trinajstić information content (AvgIpc) is 3.09. The van der Waals surface area contributed by atoms with E-state index in [-0.39, 0.29) is 12.1 Å². The lowest BCUT2D eigenvalue weighted by Crippen LogP contribution is -2.49. The molecule has 4 rings (SSSR count). The van der Waals surface area contributed by atoms with Crippen LogP contribution in [0, 0.1) is 19.7 Å². The monoisotopic (exact) mass is 473 g/mol. The minimum absolute atomic E-state index is 0.155. The first-order valence-electron chi connectivity index (χ1n) is 10.8. The number of Topliss-reactive ketones (excluding diaryl/α,β-unsaturated/α-hetero) is 1. The van der Waals surface area contributed by atoms with Crippen molar-refractivity contribution in [3.8, 4) is 0 Å². The van der Waals surface area contributed by atoms with Crippen molar-refractivity contribution in [1.29, 1.82) is 0 Å². The molecule has 1 heterocycles. The Morgan fingerprint density at radius 3 is 2.44 bits per heavy atom. The van der Waals surface area contributed by atoms with E-state index in [4.69, 9.17) is 0 Å². The minimum Gasteiger partial charge on any atom is -0.341 e. The van der Waals surface area contributed by atoms with Crippen LogP contribution in [0.3, 0.4) is 0 Å². The average molecular weight is 473 g/mol. The van der Waals surface area contributed by atoms with Gasteiger partial charge in [-0.05, 0) is 50.6 Å². The van der Waals surface area contributed by atoms with Gasteiger partial charge in [0.1, 0.15) is 11.9 Å². The molecule has 3 atom stereocenters. The third-order valence-electron chi connectivity index (χ3n) is 6.20. The Labute approximate surface area is 193 Å². The van der Waals surface area contributed by atoms with Crippen LogP contribution < -0.4 is 5.32 Å². The predicted molar refractivity (Wildman–Crippen MR) is 117 cm³/mol. The van der Waals surface area contributed by atoms with Crippen molar-refractivity contribution in [1.82, 2.24) is 15.1 Å². The smallest absolute Gasteiger partial charge is 0.341 e. The van der Waals surface area contributed by atoms with Crippen molar-refractivity contribution in [2.45, 2.75) is 51.4 Å². The van der Waals surface area contributed by atoms with E-state index in [1.165, 1.54) is 24.3 Å². The maximum Gasteiger partial charge on any atom is 0.410 e. The fourth-order valence-corrected chi connectivity index (χ4v) is 4.48. The van der Waals surface area contributed by atoms with Gasteiger partial charge < -0.3 is 5.32 Å². The highest BCUT2D eigenvalue weighted by molar-refractivity contribution is 5.99. The van der Waals surface area contributed by atoms with Crippen molar-refractivity contribution in [3.05, 3.63) is 88.0 Å². The summed E-state index contributed by atoms with van der Waals surface area (Å²) >= 11 is 0. The summed E-state index contributed by atoms with van der Waals surface area (Å²) in [5, 5.41) is 6.90. The lowest BCUT2D eigenvalue weighted by Gasteiger charge is -2.33. The van der Waals surface area contributed by atoms with E-state index in [1.54, 1.807) is 25.1 Å². The molecule has 0 aliphatic heterocycles. The molecule has 5 nitrogen and oxygen atoms in total. The minimum atomic E-state index is -4.56. The van der Waals surface area contributed by atoms with E-state index < -0.39 is 41.7 Å². The molecule has 1 unspecified atom stereocenters. The Balaban J connectivity index is 1.82. The van der Waals surface area contributed by atoms with Crippen molar-refractivity contribution in [2.75, 3.05) is 0 Å². The molecule has 0 saturated carbocycles. The van der Waals surface area contributed by atoms with Crippen LogP contribution in [0.5, 0.6) is 0 Å². The third-order valence-corrected chi connectivity index (χ3v) is 6.20. The number of nitrogens with one attached hydrogen (secondary N) is 1. The van der Waals surface area contributed by atoms with Crippen LogP contribution in [0.1, 0.15) is 57.3 Å². The van der Waals surface area contributed by atoms with Crippen LogP contribution in [-0.2, 0) is 11.2 Å². The topological polar surface area (TPSA) is 64.0 Å². The summed E-state index contributed by atoms with van der Waals surface area (Å²) in [6.45, 7) is 4.38. The molecular weight excluding hydrogens is 450 g/mol. The quantitative estimate of drug-likeness (QED) is 0.553. The summed E-state index contributed by atoms with van der Waals surface area (Å²) < 4.78 is 55.0. The van der Waals surface area contributed by atoms with E-state index in [0.717, 1.165) is 17.2 Å². The van der Waals surface area contributed by atoms with Crippen LogP contribution in [-0.4, -0.2) is 33.7 Å². The summed E-state index contributed by atoms with van der Waals surface area (Å²) in [6, 6.07) is 9.22. The molecule has 1 aliphatic rings. The van der Waals surface area contributed by atoms with Crippen molar-refractivity contribution >= 4 is 11.7 Å². The molecular formula is C25H23F4N3O2. The Bertz CT molecular complexity index is 1250.